The summed E-state index contributed by atoms with van der Waals surface area (Å²) in [7, 11) is 0. The second-order valence-electron chi connectivity index (χ2n) is 7.41. The van der Waals surface area contributed by atoms with Gasteiger partial charge in [-0.05, 0) is 51.0 Å². The van der Waals surface area contributed by atoms with Crippen LogP contribution in [0.5, 0.6) is 5.75 Å². The van der Waals surface area contributed by atoms with Gasteiger partial charge in [-0.2, -0.15) is 0 Å². The van der Waals surface area contributed by atoms with Crippen molar-refractivity contribution in [1.29, 1.82) is 0 Å². The molecule has 1 unspecified atom stereocenters. The first-order valence-corrected chi connectivity index (χ1v) is 12.2. The van der Waals surface area contributed by atoms with Crippen LogP contribution in [-0.2, 0) is 12.3 Å². The molecule has 0 aliphatic carbocycles. The highest BCUT2D eigenvalue weighted by Crippen LogP contribution is 2.30. The number of ether oxygens (including phenoxy) is 1. The van der Waals surface area contributed by atoms with Crippen LogP contribution < -0.4 is 4.74 Å². The van der Waals surface area contributed by atoms with E-state index in [4.69, 9.17) is 9.72 Å². The molecular weight excluding hydrogens is 424 g/mol. The topological polar surface area (TPSA) is 52.8 Å². The Kier molecular flexibility index (Phi) is 6.73. The van der Waals surface area contributed by atoms with Crippen molar-refractivity contribution in [1.82, 2.24) is 19.7 Å². The summed E-state index contributed by atoms with van der Waals surface area (Å²) in [5, 5.41) is 12.9. The van der Waals surface area contributed by atoms with Gasteiger partial charge in [0, 0.05) is 23.2 Å². The molecule has 31 heavy (non-hydrogen) atoms. The van der Waals surface area contributed by atoms with Crippen molar-refractivity contribution in [3.8, 4) is 16.3 Å². The van der Waals surface area contributed by atoms with Crippen molar-refractivity contribution in [2.75, 3.05) is 0 Å². The van der Waals surface area contributed by atoms with Crippen molar-refractivity contribution < 1.29 is 4.74 Å². The summed E-state index contributed by atoms with van der Waals surface area (Å²) in [6, 6.07) is 16.4. The monoisotopic (exact) mass is 450 g/mol. The Morgan fingerprint density at radius 2 is 1.94 bits per heavy atom. The summed E-state index contributed by atoms with van der Waals surface area (Å²) < 4.78 is 8.24. The van der Waals surface area contributed by atoms with Crippen LogP contribution in [0, 0.1) is 13.8 Å². The van der Waals surface area contributed by atoms with Crippen molar-refractivity contribution in [2.45, 2.75) is 51.3 Å². The molecular formula is C24H26N4OS2. The third kappa shape index (κ3) is 4.99. The Balaban J connectivity index is 1.45. The smallest absolute Gasteiger partial charge is 0.191 e. The molecule has 5 nitrogen and oxygen atoms in total. The number of thioether (sulfide) groups is 1. The molecule has 0 saturated heterocycles. The standard InChI is InChI=1S/C24H26N4OS2/c1-5-28-22(18(4)29-20-11-8-9-16(2)13-20)26-27-24(28)31-15-19-14-30-23(25-19)21-12-7-6-10-17(21)3/h6-14,18H,5,15H2,1-4H3. The zero-order valence-electron chi connectivity index (χ0n) is 18.2. The number of aryl methyl sites for hydroxylation is 2. The molecule has 2 heterocycles. The second kappa shape index (κ2) is 9.66. The van der Waals surface area contributed by atoms with Crippen LogP contribution in [0.2, 0.25) is 0 Å². The average Bonchev–Trinajstić information content (AvgIpc) is 3.39. The molecule has 2 aromatic heterocycles. The van der Waals surface area contributed by atoms with Gasteiger partial charge in [-0.3, -0.25) is 0 Å². The summed E-state index contributed by atoms with van der Waals surface area (Å²) >= 11 is 3.35. The predicted molar refractivity (Wildman–Crippen MR) is 128 cm³/mol. The number of hydrogen-bond donors (Lipinski definition) is 0. The van der Waals surface area contributed by atoms with E-state index in [9.17, 15) is 0 Å². The predicted octanol–water partition coefficient (Wildman–Crippen LogP) is 6.47. The first kappa shape index (κ1) is 21.6. The Hall–Kier alpha value is -2.64. The number of thiazole rings is 1. The summed E-state index contributed by atoms with van der Waals surface area (Å²) in [4.78, 5) is 4.83. The molecule has 0 spiro atoms. The molecule has 0 amide bonds. The van der Waals surface area contributed by atoms with Crippen molar-refractivity contribution in [3.05, 3.63) is 76.6 Å². The lowest BCUT2D eigenvalue weighted by molar-refractivity contribution is 0.210. The van der Waals surface area contributed by atoms with Gasteiger partial charge in [0.25, 0.3) is 0 Å². The molecule has 0 N–H and O–H groups in total. The van der Waals surface area contributed by atoms with Crippen molar-refractivity contribution in [2.24, 2.45) is 0 Å². The molecule has 0 bridgehead atoms. The van der Waals surface area contributed by atoms with E-state index in [0.717, 1.165) is 39.7 Å². The van der Waals surface area contributed by atoms with Gasteiger partial charge in [-0.15, -0.1) is 21.5 Å². The van der Waals surface area contributed by atoms with E-state index < -0.39 is 0 Å². The zero-order valence-corrected chi connectivity index (χ0v) is 19.8. The maximum Gasteiger partial charge on any atom is 0.191 e. The van der Waals surface area contributed by atoms with E-state index in [-0.39, 0.29) is 6.10 Å². The molecule has 2 aromatic carbocycles. The molecule has 0 fully saturated rings. The Bertz CT molecular complexity index is 1170. The van der Waals surface area contributed by atoms with Crippen molar-refractivity contribution >= 4 is 23.1 Å². The van der Waals surface area contributed by atoms with Gasteiger partial charge in [0.15, 0.2) is 17.1 Å². The van der Waals surface area contributed by atoms with E-state index in [0.29, 0.717) is 0 Å². The van der Waals surface area contributed by atoms with Gasteiger partial charge >= 0.3 is 0 Å². The molecule has 0 radical (unpaired) electrons. The fourth-order valence-corrected chi connectivity index (χ4v) is 5.32. The number of rotatable bonds is 8. The highest BCUT2D eigenvalue weighted by molar-refractivity contribution is 7.98. The van der Waals surface area contributed by atoms with Gasteiger partial charge in [0.2, 0.25) is 0 Å². The van der Waals surface area contributed by atoms with E-state index in [1.807, 2.05) is 25.1 Å². The average molecular weight is 451 g/mol. The fourth-order valence-electron chi connectivity index (χ4n) is 3.40. The van der Waals surface area contributed by atoms with Gasteiger partial charge in [-0.1, -0.05) is 48.2 Å². The maximum atomic E-state index is 6.12. The first-order chi connectivity index (χ1) is 15.0. The molecule has 0 saturated carbocycles. The quantitative estimate of drug-likeness (QED) is 0.288. The molecule has 1 atom stereocenters. The lowest BCUT2D eigenvalue weighted by atomic mass is 10.1. The summed E-state index contributed by atoms with van der Waals surface area (Å²) in [6.07, 6.45) is -0.185. The first-order valence-electron chi connectivity index (χ1n) is 10.3. The second-order valence-corrected chi connectivity index (χ2v) is 9.21. The minimum atomic E-state index is -0.185. The van der Waals surface area contributed by atoms with Crippen LogP contribution in [0.15, 0.2) is 59.1 Å². The largest absolute Gasteiger partial charge is 0.483 e. The van der Waals surface area contributed by atoms with E-state index in [1.54, 1.807) is 23.1 Å². The molecule has 0 aliphatic rings. The van der Waals surface area contributed by atoms with Crippen LogP contribution in [0.3, 0.4) is 0 Å². The van der Waals surface area contributed by atoms with E-state index >= 15 is 0 Å². The normalized spacial score (nSPS) is 12.1. The number of benzene rings is 2. The third-order valence-corrected chi connectivity index (χ3v) is 6.93. The molecule has 0 aliphatic heterocycles. The number of hydrogen-bond acceptors (Lipinski definition) is 6. The van der Waals surface area contributed by atoms with Gasteiger partial charge in [0.05, 0.1) is 5.69 Å². The fraction of sp³-hybridized carbons (Fsp3) is 0.292. The van der Waals surface area contributed by atoms with Gasteiger partial charge in [-0.25, -0.2) is 4.98 Å². The minimum Gasteiger partial charge on any atom is -0.483 e. The summed E-state index contributed by atoms with van der Waals surface area (Å²) in [5.74, 6) is 2.44. The van der Waals surface area contributed by atoms with E-state index in [1.165, 1.54) is 16.7 Å². The molecule has 7 heteroatoms. The SMILES string of the molecule is CCn1c(SCc2csc(-c3ccccc3C)n2)nnc1C(C)Oc1cccc(C)c1. The number of aromatic nitrogens is 4. The number of nitrogens with zero attached hydrogens (tertiary/aromatic N) is 4. The van der Waals surface area contributed by atoms with Crippen LogP contribution >= 0.6 is 23.1 Å². The van der Waals surface area contributed by atoms with E-state index in [2.05, 4.69) is 71.2 Å². The lowest BCUT2D eigenvalue weighted by Crippen LogP contribution is -2.12. The van der Waals surface area contributed by atoms with Crippen LogP contribution in [0.4, 0.5) is 0 Å². The lowest BCUT2D eigenvalue weighted by Gasteiger charge is -2.15. The molecule has 160 valence electrons. The third-order valence-electron chi connectivity index (χ3n) is 5.00. The molecule has 4 rings (SSSR count). The van der Waals surface area contributed by atoms with Crippen LogP contribution in [0.1, 0.15) is 42.6 Å². The Morgan fingerprint density at radius 1 is 1.10 bits per heavy atom. The highest BCUT2D eigenvalue weighted by atomic mass is 32.2. The highest BCUT2D eigenvalue weighted by Gasteiger charge is 2.19. The van der Waals surface area contributed by atoms with Crippen LogP contribution in [0.25, 0.3) is 10.6 Å². The summed E-state index contributed by atoms with van der Waals surface area (Å²) in [6.45, 7) is 9.09. The zero-order chi connectivity index (χ0) is 21.8. The van der Waals surface area contributed by atoms with Gasteiger partial charge in [0.1, 0.15) is 10.8 Å². The Morgan fingerprint density at radius 3 is 2.71 bits per heavy atom. The van der Waals surface area contributed by atoms with Crippen LogP contribution in [-0.4, -0.2) is 19.7 Å². The minimum absolute atomic E-state index is 0.185. The molecule has 4 aromatic rings. The van der Waals surface area contributed by atoms with Crippen molar-refractivity contribution in [3.63, 3.8) is 0 Å². The Labute approximate surface area is 191 Å². The summed E-state index contributed by atoms with van der Waals surface area (Å²) in [5.41, 5.74) is 4.68. The maximum absolute atomic E-state index is 6.12. The van der Waals surface area contributed by atoms with Gasteiger partial charge < -0.3 is 9.30 Å².